The van der Waals surface area contributed by atoms with E-state index in [1.165, 1.54) is 31.1 Å². The number of aromatic hydroxyl groups is 1. The Morgan fingerprint density at radius 1 is 0.821 bits per heavy atom. The molecule has 15 heteroatoms. The molecule has 4 aromatic rings. The van der Waals surface area contributed by atoms with Crippen LogP contribution in [-0.2, 0) is 24.6 Å². The molecule has 6 unspecified atom stereocenters. The first-order chi connectivity index (χ1) is 26.7. The number of allylic oxidation sites excluding steroid dienone is 2. The summed E-state index contributed by atoms with van der Waals surface area (Å²) in [5.74, 6) is -7.26. The van der Waals surface area contributed by atoms with Gasteiger partial charge in [0.2, 0.25) is 11.8 Å². The highest BCUT2D eigenvalue weighted by Crippen LogP contribution is 2.64. The molecule has 1 saturated carbocycles. The highest BCUT2D eigenvalue weighted by atomic mass is 16.6. The lowest BCUT2D eigenvalue weighted by Gasteiger charge is -2.50. The fourth-order valence-electron chi connectivity index (χ4n) is 9.54. The second-order valence-electron chi connectivity index (χ2n) is 14.9. The average Bonchev–Trinajstić information content (AvgIpc) is 3.55. The summed E-state index contributed by atoms with van der Waals surface area (Å²) < 4.78 is 0. The number of aryl methyl sites for hydroxylation is 1. The minimum Gasteiger partial charge on any atom is -0.508 e. The van der Waals surface area contributed by atoms with Gasteiger partial charge < -0.3 is 10.0 Å². The Kier molecular flexibility index (Phi) is 8.47. The van der Waals surface area contributed by atoms with Crippen LogP contribution in [0.15, 0.2) is 103 Å². The van der Waals surface area contributed by atoms with E-state index in [0.29, 0.717) is 22.4 Å². The number of carbonyl (C=O) groups excluding carboxylic acids is 4. The van der Waals surface area contributed by atoms with Crippen molar-refractivity contribution in [3.8, 4) is 5.75 Å². The first-order valence-corrected chi connectivity index (χ1v) is 18.0. The number of hydrogen-bond donors (Lipinski definition) is 2. The van der Waals surface area contributed by atoms with E-state index in [0.717, 1.165) is 27.6 Å². The number of fused-ring (bicyclic) bond motifs is 4. The van der Waals surface area contributed by atoms with E-state index in [-0.39, 0.29) is 30.0 Å². The van der Waals surface area contributed by atoms with Crippen molar-refractivity contribution < 1.29 is 34.1 Å². The number of phenols is 1. The zero-order valence-electron chi connectivity index (χ0n) is 30.5. The maximum absolute atomic E-state index is 15.2. The lowest BCUT2D eigenvalue weighted by atomic mass is 9.49. The summed E-state index contributed by atoms with van der Waals surface area (Å²) >= 11 is 0. The number of hydrazine groups is 1. The van der Waals surface area contributed by atoms with Crippen LogP contribution in [0.4, 0.5) is 28.4 Å². The third kappa shape index (κ3) is 5.25. The highest BCUT2D eigenvalue weighted by Gasteiger charge is 2.70. The Bertz CT molecular complexity index is 2360. The van der Waals surface area contributed by atoms with E-state index in [4.69, 9.17) is 0 Å². The van der Waals surface area contributed by atoms with Crippen LogP contribution < -0.4 is 15.2 Å². The molecule has 0 radical (unpaired) electrons. The number of amides is 4. The van der Waals surface area contributed by atoms with Gasteiger partial charge in [0.15, 0.2) is 5.69 Å². The van der Waals surface area contributed by atoms with Gasteiger partial charge >= 0.3 is 11.4 Å². The minimum atomic E-state index is -1.55. The van der Waals surface area contributed by atoms with Gasteiger partial charge in [0, 0.05) is 32.1 Å². The number of nitrogens with one attached hydrogen (secondary N) is 1. The van der Waals surface area contributed by atoms with Gasteiger partial charge in [-0.1, -0.05) is 71.8 Å². The number of anilines is 3. The smallest absolute Gasteiger partial charge is 0.301 e. The number of benzene rings is 4. The molecule has 0 aromatic heterocycles. The number of nitro benzene ring substituents is 2. The van der Waals surface area contributed by atoms with E-state index in [1.54, 1.807) is 54.6 Å². The molecule has 2 N–H and O–H groups in total. The van der Waals surface area contributed by atoms with Crippen molar-refractivity contribution in [3.05, 3.63) is 140 Å². The minimum absolute atomic E-state index is 0.0133. The number of nitro groups is 2. The van der Waals surface area contributed by atoms with Crippen molar-refractivity contribution in [1.82, 2.24) is 5.01 Å². The van der Waals surface area contributed by atoms with E-state index in [2.05, 4.69) is 5.43 Å². The van der Waals surface area contributed by atoms with Gasteiger partial charge in [0.05, 0.1) is 44.4 Å². The van der Waals surface area contributed by atoms with Gasteiger partial charge in [-0.3, -0.25) is 44.8 Å². The molecule has 4 amide bonds. The molecule has 8 rings (SSSR count). The van der Waals surface area contributed by atoms with Crippen molar-refractivity contribution in [2.24, 2.45) is 23.7 Å². The third-order valence-corrected chi connectivity index (χ3v) is 11.7. The molecule has 6 atom stereocenters. The normalized spacial score (nSPS) is 25.3. The summed E-state index contributed by atoms with van der Waals surface area (Å²) in [7, 11) is 2.83. The molecule has 56 heavy (non-hydrogen) atoms. The SMILES string of the molecule is Cc1ccc(NN2C(=O)C3CC4C(=CCC5C(=O)N(c6cc([N+](=O)[O-])c(N(C)C)c([N+](=O)[O-])c6)C(=O)C54)C(c4cccc(O)c4)C3(c3ccccc3)C2=O)cc1. The molecule has 4 aliphatic rings. The van der Waals surface area contributed by atoms with E-state index >= 15 is 4.79 Å². The molecule has 284 valence electrons. The zero-order chi connectivity index (χ0) is 39.8. The van der Waals surface area contributed by atoms with Crippen LogP contribution in [0.3, 0.4) is 0 Å². The predicted octanol–water partition coefficient (Wildman–Crippen LogP) is 5.77. The Hall–Kier alpha value is -6.90. The number of carbonyl (C=O) groups is 4. The van der Waals surface area contributed by atoms with Gasteiger partial charge in [-0.15, -0.1) is 0 Å². The van der Waals surface area contributed by atoms with Crippen LogP contribution >= 0.6 is 0 Å². The van der Waals surface area contributed by atoms with Crippen LogP contribution in [0, 0.1) is 50.8 Å². The summed E-state index contributed by atoms with van der Waals surface area (Å²) in [5, 5.41) is 36.2. The summed E-state index contributed by atoms with van der Waals surface area (Å²) in [5.41, 5.74) is 2.77. The monoisotopic (exact) mass is 756 g/mol. The number of phenolic OH excluding ortho intramolecular Hbond substituents is 1. The number of imide groups is 2. The Morgan fingerprint density at radius 2 is 1.48 bits per heavy atom. The average molecular weight is 757 g/mol. The molecular formula is C41H36N6O9. The number of rotatable bonds is 8. The largest absolute Gasteiger partial charge is 0.508 e. The third-order valence-electron chi connectivity index (χ3n) is 11.7. The van der Waals surface area contributed by atoms with Gasteiger partial charge in [-0.25, -0.2) is 4.90 Å². The van der Waals surface area contributed by atoms with Crippen molar-refractivity contribution in [2.75, 3.05) is 29.3 Å². The molecule has 0 spiro atoms. The first-order valence-electron chi connectivity index (χ1n) is 18.0. The zero-order valence-corrected chi connectivity index (χ0v) is 30.5. The van der Waals surface area contributed by atoms with Crippen LogP contribution in [0.1, 0.15) is 35.4 Å². The molecule has 3 fully saturated rings. The summed E-state index contributed by atoms with van der Waals surface area (Å²) in [6, 6.07) is 24.5. The van der Waals surface area contributed by atoms with Crippen LogP contribution in [0.25, 0.3) is 0 Å². The van der Waals surface area contributed by atoms with Crippen LogP contribution in [0.5, 0.6) is 5.75 Å². The Morgan fingerprint density at radius 3 is 2.09 bits per heavy atom. The van der Waals surface area contributed by atoms with Gasteiger partial charge in [0.25, 0.3) is 11.8 Å². The Labute approximate surface area is 320 Å². The fourth-order valence-corrected chi connectivity index (χ4v) is 9.54. The lowest BCUT2D eigenvalue weighted by molar-refractivity contribution is -0.392. The predicted molar refractivity (Wildman–Crippen MR) is 203 cm³/mol. The quantitative estimate of drug-likeness (QED) is 0.0958. The van der Waals surface area contributed by atoms with Crippen LogP contribution in [-0.4, -0.2) is 57.7 Å². The van der Waals surface area contributed by atoms with E-state index in [9.17, 15) is 39.7 Å². The lowest BCUT2D eigenvalue weighted by Crippen LogP contribution is -2.53. The maximum Gasteiger partial charge on any atom is 0.301 e. The number of nitrogens with zero attached hydrogens (tertiary/aromatic N) is 5. The van der Waals surface area contributed by atoms with Crippen molar-refractivity contribution in [3.63, 3.8) is 0 Å². The molecule has 2 heterocycles. The van der Waals surface area contributed by atoms with Crippen molar-refractivity contribution in [1.29, 1.82) is 0 Å². The molecule has 2 aliphatic heterocycles. The van der Waals surface area contributed by atoms with Gasteiger partial charge in [-0.2, -0.15) is 5.01 Å². The molecular weight excluding hydrogens is 720 g/mol. The highest BCUT2D eigenvalue weighted by molar-refractivity contribution is 6.23. The second-order valence-corrected chi connectivity index (χ2v) is 14.9. The van der Waals surface area contributed by atoms with Gasteiger partial charge in [-0.05, 0) is 61.1 Å². The van der Waals surface area contributed by atoms with Crippen molar-refractivity contribution in [2.45, 2.75) is 31.1 Å². The molecule has 15 nitrogen and oxygen atoms in total. The standard InChI is InChI=1S/C41H36N6O9/c1-22-12-14-25(15-13-22)42-45-38(50)31-21-30-28(35(23-8-7-11-27(48)18-23)41(31,40(45)52)24-9-5-4-6-10-24)16-17-29-34(30)39(51)44(37(29)49)26-19-32(46(53)54)36(43(2)3)33(20-26)47(55)56/h4-16,18-20,29-31,34-35,42,48H,17,21H2,1-3H3. The topological polar surface area (TPSA) is 197 Å². The van der Waals surface area contributed by atoms with E-state index < -0.39 is 79.9 Å². The Balaban J connectivity index is 1.29. The maximum atomic E-state index is 15.2. The summed E-state index contributed by atoms with van der Waals surface area (Å²) in [6.45, 7) is 1.91. The molecule has 4 aromatic carbocycles. The first kappa shape index (κ1) is 36.1. The fraction of sp³-hybridized carbons (Fsp3) is 0.268. The van der Waals surface area contributed by atoms with E-state index in [1.807, 2.05) is 25.1 Å². The van der Waals surface area contributed by atoms with Gasteiger partial charge in [0.1, 0.15) is 5.75 Å². The molecule has 2 saturated heterocycles. The molecule has 0 bridgehead atoms. The summed E-state index contributed by atoms with van der Waals surface area (Å²) in [6.07, 6.45) is 1.88. The van der Waals surface area contributed by atoms with Crippen LogP contribution in [0.2, 0.25) is 0 Å². The van der Waals surface area contributed by atoms with Crippen molar-refractivity contribution >= 4 is 52.1 Å². The molecule has 2 aliphatic carbocycles. The summed E-state index contributed by atoms with van der Waals surface area (Å²) in [4.78, 5) is 83.9. The second kappa shape index (κ2) is 13.1. The number of hydrogen-bond acceptors (Lipinski definition) is 11.